The van der Waals surface area contributed by atoms with Crippen LogP contribution >= 0.6 is 0 Å². The van der Waals surface area contributed by atoms with Crippen molar-refractivity contribution in [2.24, 2.45) is 0 Å². The van der Waals surface area contributed by atoms with Crippen molar-refractivity contribution in [3.8, 4) is 17.3 Å². The van der Waals surface area contributed by atoms with E-state index >= 15 is 0 Å². The molecule has 9 nitrogen and oxygen atoms in total. The Bertz CT molecular complexity index is 1100. The largest absolute Gasteiger partial charge is 0.489 e. The molecular weight excluding hydrogens is 403 g/mol. The highest BCUT2D eigenvalue weighted by atomic mass is 19.1. The third kappa shape index (κ3) is 4.33. The number of rotatable bonds is 6. The van der Waals surface area contributed by atoms with Gasteiger partial charge in [0.1, 0.15) is 36.0 Å². The maximum absolute atomic E-state index is 14.6. The number of halogens is 1. The molecule has 162 valence electrons. The number of hydrogen-bond acceptors (Lipinski definition) is 7. The Morgan fingerprint density at radius 3 is 3.03 bits per heavy atom. The summed E-state index contributed by atoms with van der Waals surface area (Å²) in [5.41, 5.74) is 0.962. The summed E-state index contributed by atoms with van der Waals surface area (Å²) in [5, 5.41) is 13.9. The van der Waals surface area contributed by atoms with Crippen LogP contribution in [-0.2, 0) is 4.74 Å². The van der Waals surface area contributed by atoms with Gasteiger partial charge in [-0.1, -0.05) is 6.07 Å². The van der Waals surface area contributed by atoms with E-state index in [0.29, 0.717) is 36.2 Å². The number of aromatic nitrogens is 4. The minimum atomic E-state index is -0.682. The SMILES string of the molecule is COCC1COc2cc(F)c(C(=O)Nc3cccc(-c4nncn4C(C)C)n3)cc2N1. The number of carbonyl (C=O) groups excluding carboxylic acids is 1. The second-order valence-electron chi connectivity index (χ2n) is 7.45. The molecule has 1 aliphatic heterocycles. The van der Waals surface area contributed by atoms with Crippen LogP contribution in [0.15, 0.2) is 36.7 Å². The van der Waals surface area contributed by atoms with Crippen LogP contribution in [0.5, 0.6) is 5.75 Å². The lowest BCUT2D eigenvalue weighted by Crippen LogP contribution is -2.35. The molecule has 0 bridgehead atoms. The molecule has 1 aromatic carbocycles. The van der Waals surface area contributed by atoms with Gasteiger partial charge in [0.2, 0.25) is 0 Å². The van der Waals surface area contributed by atoms with Crippen molar-refractivity contribution in [2.75, 3.05) is 31.0 Å². The fourth-order valence-electron chi connectivity index (χ4n) is 3.32. The average molecular weight is 426 g/mol. The number of hydrogen-bond donors (Lipinski definition) is 2. The summed E-state index contributed by atoms with van der Waals surface area (Å²) < 4.78 is 27.2. The molecule has 2 N–H and O–H groups in total. The van der Waals surface area contributed by atoms with Crippen molar-refractivity contribution in [2.45, 2.75) is 25.9 Å². The number of fused-ring (bicyclic) bond motifs is 1. The quantitative estimate of drug-likeness (QED) is 0.624. The molecule has 1 unspecified atom stereocenters. The normalized spacial score (nSPS) is 15.2. The zero-order valence-electron chi connectivity index (χ0n) is 17.4. The molecule has 0 aliphatic carbocycles. The summed E-state index contributed by atoms with van der Waals surface area (Å²) in [6.45, 7) is 4.79. The number of nitrogens with zero attached hydrogens (tertiary/aromatic N) is 4. The lowest BCUT2D eigenvalue weighted by atomic mass is 10.1. The molecule has 2 aromatic heterocycles. The number of methoxy groups -OCH3 is 1. The Hall–Kier alpha value is -3.53. The Morgan fingerprint density at radius 1 is 1.42 bits per heavy atom. The first-order chi connectivity index (χ1) is 15.0. The molecule has 3 aromatic rings. The molecule has 4 rings (SSSR count). The van der Waals surface area contributed by atoms with E-state index in [2.05, 4.69) is 25.8 Å². The molecule has 0 spiro atoms. The molecule has 31 heavy (non-hydrogen) atoms. The highest BCUT2D eigenvalue weighted by Gasteiger charge is 2.23. The van der Waals surface area contributed by atoms with Crippen LogP contribution in [0, 0.1) is 5.82 Å². The minimum absolute atomic E-state index is 0.0875. The maximum Gasteiger partial charge on any atom is 0.259 e. The summed E-state index contributed by atoms with van der Waals surface area (Å²) in [4.78, 5) is 17.2. The second-order valence-corrected chi connectivity index (χ2v) is 7.45. The fourth-order valence-corrected chi connectivity index (χ4v) is 3.32. The van der Waals surface area contributed by atoms with Crippen LogP contribution in [0.25, 0.3) is 11.5 Å². The van der Waals surface area contributed by atoms with E-state index in [1.165, 1.54) is 12.1 Å². The molecule has 0 saturated heterocycles. The van der Waals surface area contributed by atoms with Crippen LogP contribution in [0.3, 0.4) is 0 Å². The number of ether oxygens (including phenoxy) is 2. The smallest absolute Gasteiger partial charge is 0.259 e. The van der Waals surface area contributed by atoms with Gasteiger partial charge in [-0.3, -0.25) is 4.79 Å². The molecule has 3 heterocycles. The van der Waals surface area contributed by atoms with Gasteiger partial charge in [-0.25, -0.2) is 9.37 Å². The maximum atomic E-state index is 14.6. The summed E-state index contributed by atoms with van der Waals surface area (Å²) >= 11 is 0. The minimum Gasteiger partial charge on any atom is -0.489 e. The zero-order chi connectivity index (χ0) is 22.0. The number of nitrogens with one attached hydrogen (secondary N) is 2. The zero-order valence-corrected chi connectivity index (χ0v) is 17.4. The van der Waals surface area contributed by atoms with E-state index < -0.39 is 11.7 Å². The van der Waals surface area contributed by atoms with Gasteiger partial charge in [-0.05, 0) is 32.0 Å². The van der Waals surface area contributed by atoms with Crippen molar-refractivity contribution < 1.29 is 18.7 Å². The highest BCUT2D eigenvalue weighted by molar-refractivity contribution is 6.05. The first kappa shape index (κ1) is 20.7. The van der Waals surface area contributed by atoms with Crippen LogP contribution in [0.1, 0.15) is 30.2 Å². The lowest BCUT2D eigenvalue weighted by molar-refractivity contribution is 0.102. The van der Waals surface area contributed by atoms with Gasteiger partial charge in [0.25, 0.3) is 5.91 Å². The predicted molar refractivity (Wildman–Crippen MR) is 113 cm³/mol. The average Bonchev–Trinajstić information content (AvgIpc) is 3.24. The van der Waals surface area contributed by atoms with E-state index in [4.69, 9.17) is 9.47 Å². The van der Waals surface area contributed by atoms with Gasteiger partial charge in [0.15, 0.2) is 5.82 Å². The van der Waals surface area contributed by atoms with Gasteiger partial charge in [0.05, 0.1) is 23.9 Å². The lowest BCUT2D eigenvalue weighted by Gasteiger charge is -2.27. The fraction of sp³-hybridized carbons (Fsp3) is 0.333. The van der Waals surface area contributed by atoms with Crippen molar-refractivity contribution in [1.82, 2.24) is 19.7 Å². The second kappa shape index (κ2) is 8.68. The third-order valence-corrected chi connectivity index (χ3v) is 4.83. The molecule has 0 saturated carbocycles. The number of benzene rings is 1. The van der Waals surface area contributed by atoms with Gasteiger partial charge in [0, 0.05) is 19.2 Å². The van der Waals surface area contributed by atoms with E-state index in [-0.39, 0.29) is 23.5 Å². The molecule has 0 fully saturated rings. The Kier molecular flexibility index (Phi) is 5.81. The number of anilines is 2. The Balaban J connectivity index is 1.56. The molecular formula is C21H23FN6O3. The molecule has 1 atom stereocenters. The van der Waals surface area contributed by atoms with E-state index in [0.717, 1.165) is 0 Å². The van der Waals surface area contributed by atoms with Crippen LogP contribution in [-0.4, -0.2) is 52.0 Å². The molecule has 1 aliphatic rings. The van der Waals surface area contributed by atoms with Gasteiger partial charge < -0.3 is 24.7 Å². The monoisotopic (exact) mass is 426 g/mol. The summed E-state index contributed by atoms with van der Waals surface area (Å²) in [6, 6.07) is 7.84. The molecule has 0 radical (unpaired) electrons. The van der Waals surface area contributed by atoms with E-state index in [1.54, 1.807) is 31.6 Å². The predicted octanol–water partition coefficient (Wildman–Crippen LogP) is 3.13. The van der Waals surface area contributed by atoms with Crippen molar-refractivity contribution in [3.05, 3.63) is 48.0 Å². The van der Waals surface area contributed by atoms with E-state index in [9.17, 15) is 9.18 Å². The first-order valence-corrected chi connectivity index (χ1v) is 9.86. The van der Waals surface area contributed by atoms with Crippen molar-refractivity contribution in [3.63, 3.8) is 0 Å². The number of carbonyl (C=O) groups is 1. The van der Waals surface area contributed by atoms with Gasteiger partial charge >= 0.3 is 0 Å². The molecule has 10 heteroatoms. The third-order valence-electron chi connectivity index (χ3n) is 4.83. The molecule has 1 amide bonds. The van der Waals surface area contributed by atoms with Crippen LogP contribution in [0.2, 0.25) is 0 Å². The van der Waals surface area contributed by atoms with Gasteiger partial charge in [-0.15, -0.1) is 10.2 Å². The van der Waals surface area contributed by atoms with Gasteiger partial charge in [-0.2, -0.15) is 0 Å². The highest BCUT2D eigenvalue weighted by Crippen LogP contribution is 2.32. The van der Waals surface area contributed by atoms with Crippen LogP contribution in [0.4, 0.5) is 15.9 Å². The number of pyridine rings is 1. The van der Waals surface area contributed by atoms with Crippen molar-refractivity contribution in [1.29, 1.82) is 0 Å². The topological polar surface area (TPSA) is 103 Å². The first-order valence-electron chi connectivity index (χ1n) is 9.86. The summed E-state index contributed by atoms with van der Waals surface area (Å²) in [5.74, 6) is -0.0876. The van der Waals surface area contributed by atoms with E-state index in [1.807, 2.05) is 18.4 Å². The number of amides is 1. The summed E-state index contributed by atoms with van der Waals surface area (Å²) in [6.07, 6.45) is 1.63. The Morgan fingerprint density at radius 2 is 2.26 bits per heavy atom. The standard InChI is InChI=1S/C21H23FN6O3/c1-12(2)28-11-23-27-20(28)16-5-4-6-19(25-16)26-21(29)14-7-17-18(8-15(14)22)31-10-13(24-17)9-30-3/h4-8,11-13,24H,9-10H2,1-3H3,(H,25,26,29). The van der Waals surface area contributed by atoms with Crippen molar-refractivity contribution >= 4 is 17.4 Å². The summed E-state index contributed by atoms with van der Waals surface area (Å²) in [7, 11) is 1.59. The Labute approximate surface area is 178 Å². The van der Waals surface area contributed by atoms with Crippen LogP contribution < -0.4 is 15.4 Å².